The minimum Gasteiger partial charge on any atom is -0.478 e. The van der Waals surface area contributed by atoms with E-state index < -0.39 is 5.97 Å². The number of aromatic carboxylic acids is 1. The van der Waals surface area contributed by atoms with Gasteiger partial charge in [-0.1, -0.05) is 29.8 Å². The van der Waals surface area contributed by atoms with Crippen LogP contribution in [0, 0.1) is 13.8 Å². The standard InChI is InChI=1S/C18H16N2O2/c1-12-3-8-17(13(2)9-12)20-11-16(10-19-20)14-4-6-15(7-5-14)18(21)22/h3-11H,1-2H3,(H,21,22). The van der Waals surface area contributed by atoms with Crippen molar-refractivity contribution >= 4 is 5.97 Å². The van der Waals surface area contributed by atoms with Crippen LogP contribution in [-0.4, -0.2) is 20.9 Å². The Balaban J connectivity index is 1.95. The van der Waals surface area contributed by atoms with Gasteiger partial charge in [-0.05, 0) is 43.2 Å². The normalized spacial score (nSPS) is 10.6. The summed E-state index contributed by atoms with van der Waals surface area (Å²) in [5.41, 5.74) is 5.61. The molecule has 0 amide bonds. The Kier molecular flexibility index (Phi) is 3.51. The molecule has 0 saturated carbocycles. The van der Waals surface area contributed by atoms with Crippen LogP contribution in [0.3, 0.4) is 0 Å². The molecular formula is C18H16N2O2. The summed E-state index contributed by atoms with van der Waals surface area (Å²) in [4.78, 5) is 10.9. The first-order valence-electron chi connectivity index (χ1n) is 7.00. The van der Waals surface area contributed by atoms with E-state index in [1.807, 2.05) is 10.9 Å². The van der Waals surface area contributed by atoms with Crippen LogP contribution in [0.1, 0.15) is 21.5 Å². The molecule has 0 spiro atoms. The molecule has 0 aliphatic rings. The molecule has 1 aromatic heterocycles. The number of hydrogen-bond acceptors (Lipinski definition) is 2. The zero-order valence-electron chi connectivity index (χ0n) is 12.4. The van der Waals surface area contributed by atoms with Gasteiger partial charge in [-0.2, -0.15) is 5.10 Å². The van der Waals surface area contributed by atoms with E-state index in [0.29, 0.717) is 0 Å². The van der Waals surface area contributed by atoms with Crippen molar-refractivity contribution in [3.8, 4) is 16.8 Å². The maximum atomic E-state index is 10.9. The van der Waals surface area contributed by atoms with E-state index in [2.05, 4.69) is 37.1 Å². The lowest BCUT2D eigenvalue weighted by Gasteiger charge is -2.06. The fraction of sp³-hybridized carbons (Fsp3) is 0.111. The topological polar surface area (TPSA) is 55.1 Å². The highest BCUT2D eigenvalue weighted by molar-refractivity contribution is 5.88. The van der Waals surface area contributed by atoms with Gasteiger partial charge in [-0.25, -0.2) is 9.48 Å². The number of aryl methyl sites for hydroxylation is 2. The minimum absolute atomic E-state index is 0.283. The zero-order chi connectivity index (χ0) is 15.7. The van der Waals surface area contributed by atoms with Gasteiger partial charge < -0.3 is 5.11 Å². The van der Waals surface area contributed by atoms with Crippen molar-refractivity contribution in [3.63, 3.8) is 0 Å². The van der Waals surface area contributed by atoms with Gasteiger partial charge in [0.2, 0.25) is 0 Å². The van der Waals surface area contributed by atoms with Crippen LogP contribution in [0.15, 0.2) is 54.9 Å². The number of rotatable bonds is 3. The van der Waals surface area contributed by atoms with E-state index in [1.54, 1.807) is 30.5 Å². The van der Waals surface area contributed by atoms with Crippen molar-refractivity contribution in [1.82, 2.24) is 9.78 Å². The molecular weight excluding hydrogens is 276 g/mol. The first-order chi connectivity index (χ1) is 10.5. The maximum Gasteiger partial charge on any atom is 0.335 e. The lowest BCUT2D eigenvalue weighted by Crippen LogP contribution is -1.97. The fourth-order valence-electron chi connectivity index (χ4n) is 2.47. The van der Waals surface area contributed by atoms with Gasteiger partial charge in [0.05, 0.1) is 17.4 Å². The molecule has 3 rings (SSSR count). The predicted octanol–water partition coefficient (Wildman–Crippen LogP) is 3.85. The Morgan fingerprint density at radius 1 is 1.05 bits per heavy atom. The van der Waals surface area contributed by atoms with Crippen molar-refractivity contribution in [2.24, 2.45) is 0 Å². The van der Waals surface area contributed by atoms with Crippen molar-refractivity contribution < 1.29 is 9.90 Å². The molecule has 22 heavy (non-hydrogen) atoms. The van der Waals surface area contributed by atoms with Crippen LogP contribution in [-0.2, 0) is 0 Å². The largest absolute Gasteiger partial charge is 0.478 e. The summed E-state index contributed by atoms with van der Waals surface area (Å²) >= 11 is 0. The summed E-state index contributed by atoms with van der Waals surface area (Å²) in [5, 5.41) is 13.3. The first-order valence-corrected chi connectivity index (χ1v) is 7.00. The molecule has 0 fully saturated rings. The minimum atomic E-state index is -0.919. The second-order valence-corrected chi connectivity index (χ2v) is 5.35. The van der Waals surface area contributed by atoms with Gasteiger partial charge in [-0.3, -0.25) is 0 Å². The Bertz CT molecular complexity index is 833. The Morgan fingerprint density at radius 3 is 2.41 bits per heavy atom. The second-order valence-electron chi connectivity index (χ2n) is 5.35. The third-order valence-electron chi connectivity index (χ3n) is 3.65. The molecule has 3 aromatic rings. The molecule has 0 atom stereocenters. The molecule has 4 heteroatoms. The number of aromatic nitrogens is 2. The third kappa shape index (κ3) is 2.63. The van der Waals surface area contributed by atoms with E-state index >= 15 is 0 Å². The van der Waals surface area contributed by atoms with Gasteiger partial charge in [-0.15, -0.1) is 0 Å². The number of carboxylic acids is 1. The number of carboxylic acid groups (broad SMARTS) is 1. The summed E-state index contributed by atoms with van der Waals surface area (Å²) < 4.78 is 1.84. The lowest BCUT2D eigenvalue weighted by molar-refractivity contribution is 0.0697. The second kappa shape index (κ2) is 5.48. The van der Waals surface area contributed by atoms with Gasteiger partial charge in [0, 0.05) is 11.8 Å². The van der Waals surface area contributed by atoms with Crippen molar-refractivity contribution in [2.75, 3.05) is 0 Å². The van der Waals surface area contributed by atoms with Crippen LogP contribution >= 0.6 is 0 Å². The van der Waals surface area contributed by atoms with Crippen LogP contribution in [0.4, 0.5) is 0 Å². The van der Waals surface area contributed by atoms with Crippen molar-refractivity contribution in [2.45, 2.75) is 13.8 Å². The van der Waals surface area contributed by atoms with Crippen LogP contribution < -0.4 is 0 Å². The molecule has 1 N–H and O–H groups in total. The third-order valence-corrected chi connectivity index (χ3v) is 3.65. The van der Waals surface area contributed by atoms with E-state index in [-0.39, 0.29) is 5.56 Å². The van der Waals surface area contributed by atoms with E-state index in [1.165, 1.54) is 5.56 Å². The summed E-state index contributed by atoms with van der Waals surface area (Å²) in [6.45, 7) is 4.13. The highest BCUT2D eigenvalue weighted by Crippen LogP contribution is 2.22. The zero-order valence-corrected chi connectivity index (χ0v) is 12.4. The number of benzene rings is 2. The summed E-state index contributed by atoms with van der Waals surface area (Å²) in [5.74, 6) is -0.919. The highest BCUT2D eigenvalue weighted by Gasteiger charge is 2.07. The lowest BCUT2D eigenvalue weighted by atomic mass is 10.1. The molecule has 1 heterocycles. The van der Waals surface area contributed by atoms with Crippen molar-refractivity contribution in [3.05, 3.63) is 71.5 Å². The van der Waals surface area contributed by atoms with Gasteiger partial charge in [0.15, 0.2) is 0 Å². The van der Waals surface area contributed by atoms with Crippen LogP contribution in [0.25, 0.3) is 16.8 Å². The van der Waals surface area contributed by atoms with E-state index in [0.717, 1.165) is 22.4 Å². The summed E-state index contributed by atoms with van der Waals surface area (Å²) in [7, 11) is 0. The molecule has 0 unspecified atom stereocenters. The molecule has 110 valence electrons. The molecule has 0 radical (unpaired) electrons. The fourth-order valence-corrected chi connectivity index (χ4v) is 2.47. The molecule has 0 saturated heterocycles. The number of nitrogens with zero attached hydrogens (tertiary/aromatic N) is 2. The van der Waals surface area contributed by atoms with Gasteiger partial charge in [0.25, 0.3) is 0 Å². The van der Waals surface area contributed by atoms with Crippen molar-refractivity contribution in [1.29, 1.82) is 0 Å². The average Bonchev–Trinajstić information content (AvgIpc) is 2.97. The predicted molar refractivity (Wildman–Crippen MR) is 85.4 cm³/mol. The van der Waals surface area contributed by atoms with Gasteiger partial charge >= 0.3 is 5.97 Å². The number of hydrogen-bond donors (Lipinski definition) is 1. The maximum absolute atomic E-state index is 10.9. The van der Waals surface area contributed by atoms with Crippen LogP contribution in [0.2, 0.25) is 0 Å². The quantitative estimate of drug-likeness (QED) is 0.797. The Labute approximate surface area is 128 Å². The average molecular weight is 292 g/mol. The summed E-state index contributed by atoms with van der Waals surface area (Å²) in [6.07, 6.45) is 3.74. The highest BCUT2D eigenvalue weighted by atomic mass is 16.4. The molecule has 2 aromatic carbocycles. The van der Waals surface area contributed by atoms with Gasteiger partial charge in [0.1, 0.15) is 0 Å². The number of carbonyl (C=O) groups is 1. The summed E-state index contributed by atoms with van der Waals surface area (Å²) in [6, 6.07) is 13.0. The molecule has 0 aliphatic carbocycles. The smallest absolute Gasteiger partial charge is 0.335 e. The first kappa shape index (κ1) is 14.1. The Morgan fingerprint density at radius 2 is 1.77 bits per heavy atom. The molecule has 0 bridgehead atoms. The van der Waals surface area contributed by atoms with E-state index in [4.69, 9.17) is 5.11 Å². The van der Waals surface area contributed by atoms with Crippen LogP contribution in [0.5, 0.6) is 0 Å². The Hall–Kier alpha value is -2.88. The van der Waals surface area contributed by atoms with E-state index in [9.17, 15) is 4.79 Å². The molecule has 4 nitrogen and oxygen atoms in total. The monoisotopic (exact) mass is 292 g/mol. The SMILES string of the molecule is Cc1ccc(-n2cc(-c3ccc(C(=O)O)cc3)cn2)c(C)c1. The molecule has 0 aliphatic heterocycles.